The predicted octanol–water partition coefficient (Wildman–Crippen LogP) is 6.62. The van der Waals surface area contributed by atoms with Crippen LogP contribution in [0, 0.1) is 6.92 Å². The van der Waals surface area contributed by atoms with Crippen molar-refractivity contribution < 1.29 is 9.59 Å². The highest BCUT2D eigenvalue weighted by molar-refractivity contribution is 6.11. The van der Waals surface area contributed by atoms with Crippen molar-refractivity contribution in [2.45, 2.75) is 6.92 Å². The molecule has 4 aromatic carbocycles. The van der Waals surface area contributed by atoms with E-state index < -0.39 is 0 Å². The number of hydrogen-bond acceptors (Lipinski definition) is 2. The van der Waals surface area contributed by atoms with Gasteiger partial charge in [-0.3, -0.25) is 4.79 Å². The molecular formula is C27H22NO2+. The number of aryl methyl sites for hydroxylation is 1. The molecule has 4 aromatic rings. The Kier molecular flexibility index (Phi) is 5.38. The number of hydrogen-bond donors (Lipinski definition) is 0. The first kappa shape index (κ1) is 19.5. The highest BCUT2D eigenvalue weighted by Crippen LogP contribution is 2.45. The number of quaternary nitrogens is 1. The standard InChI is InChI=1S/C27H22NO2/c1-21-12-16-23(17-13-21)27(30)28(24-8-4-2-5-9-24,25-10-6-3-7-11-25)26-18-14-22(20-29)15-19-26/h2-20H,1H3/q+1. The van der Waals surface area contributed by atoms with E-state index in [1.54, 1.807) is 12.1 Å². The molecule has 0 radical (unpaired) electrons. The zero-order chi connectivity index (χ0) is 21.0. The number of nitrogens with zero attached hydrogens (tertiary/aromatic N) is 1. The summed E-state index contributed by atoms with van der Waals surface area (Å²) in [6.45, 7) is 2.00. The van der Waals surface area contributed by atoms with Crippen LogP contribution in [0.5, 0.6) is 0 Å². The van der Waals surface area contributed by atoms with Gasteiger partial charge in [0.1, 0.15) is 6.29 Å². The van der Waals surface area contributed by atoms with Gasteiger partial charge in [-0.1, -0.05) is 54.1 Å². The van der Waals surface area contributed by atoms with Gasteiger partial charge in [0.15, 0.2) is 17.1 Å². The molecule has 0 aliphatic carbocycles. The Hall–Kier alpha value is -3.82. The lowest BCUT2D eigenvalue weighted by Gasteiger charge is -2.34. The Morgan fingerprint density at radius 3 is 1.57 bits per heavy atom. The Bertz CT molecular complexity index is 1110. The van der Waals surface area contributed by atoms with Gasteiger partial charge in [0.25, 0.3) is 0 Å². The van der Waals surface area contributed by atoms with E-state index in [0.29, 0.717) is 11.1 Å². The Labute approximate surface area is 176 Å². The van der Waals surface area contributed by atoms with Crippen molar-refractivity contribution in [2.24, 2.45) is 0 Å². The third-order valence-corrected chi connectivity index (χ3v) is 5.31. The van der Waals surface area contributed by atoms with Crippen LogP contribution in [-0.4, -0.2) is 12.2 Å². The van der Waals surface area contributed by atoms with Crippen LogP contribution in [0.3, 0.4) is 0 Å². The highest BCUT2D eigenvalue weighted by Gasteiger charge is 2.45. The zero-order valence-electron chi connectivity index (χ0n) is 16.7. The first-order valence-electron chi connectivity index (χ1n) is 9.84. The van der Waals surface area contributed by atoms with Crippen LogP contribution >= 0.6 is 0 Å². The lowest BCUT2D eigenvalue weighted by atomic mass is 10.0. The number of para-hydroxylation sites is 2. The first-order valence-corrected chi connectivity index (χ1v) is 9.84. The molecular weight excluding hydrogens is 370 g/mol. The van der Waals surface area contributed by atoms with E-state index >= 15 is 0 Å². The van der Waals surface area contributed by atoms with Crippen LogP contribution in [0.4, 0.5) is 17.1 Å². The van der Waals surface area contributed by atoms with Gasteiger partial charge in [0.05, 0.1) is 5.56 Å². The largest absolute Gasteiger partial charge is 0.361 e. The minimum Gasteiger partial charge on any atom is -0.298 e. The molecule has 0 saturated heterocycles. The average molecular weight is 392 g/mol. The van der Waals surface area contributed by atoms with E-state index in [1.807, 2.05) is 104 Å². The van der Waals surface area contributed by atoms with Gasteiger partial charge in [0.2, 0.25) is 0 Å². The predicted molar refractivity (Wildman–Crippen MR) is 121 cm³/mol. The summed E-state index contributed by atoms with van der Waals surface area (Å²) in [6, 6.07) is 34.4. The van der Waals surface area contributed by atoms with Crippen molar-refractivity contribution in [1.82, 2.24) is 4.48 Å². The summed E-state index contributed by atoms with van der Waals surface area (Å²) in [5, 5.41) is 0. The third kappa shape index (κ3) is 3.36. The van der Waals surface area contributed by atoms with Crippen molar-refractivity contribution in [3.8, 4) is 0 Å². The average Bonchev–Trinajstić information content (AvgIpc) is 2.82. The van der Waals surface area contributed by atoms with Gasteiger partial charge in [-0.2, -0.15) is 4.48 Å². The smallest absolute Gasteiger partial charge is 0.298 e. The molecule has 146 valence electrons. The molecule has 1 amide bonds. The number of carbonyl (C=O) groups is 2. The van der Waals surface area contributed by atoms with Crippen molar-refractivity contribution in [1.29, 1.82) is 0 Å². The summed E-state index contributed by atoms with van der Waals surface area (Å²) >= 11 is 0. The normalized spacial score (nSPS) is 11.1. The number of benzene rings is 4. The lowest BCUT2D eigenvalue weighted by Crippen LogP contribution is -2.45. The fraction of sp³-hybridized carbons (Fsp3) is 0.0370. The molecule has 0 aromatic heterocycles. The second kappa shape index (κ2) is 8.27. The second-order valence-corrected chi connectivity index (χ2v) is 7.22. The number of amides is 1. The molecule has 0 fully saturated rings. The molecule has 4 rings (SSSR count). The highest BCUT2D eigenvalue weighted by atomic mass is 16.2. The van der Waals surface area contributed by atoms with E-state index in [2.05, 4.69) is 0 Å². The molecule has 0 spiro atoms. The SMILES string of the molecule is Cc1ccc(C(=O)[N+](c2ccccc2)(c2ccccc2)c2ccc(C=O)cc2)cc1. The topological polar surface area (TPSA) is 34.1 Å². The molecule has 0 heterocycles. The molecule has 0 bridgehead atoms. The molecule has 0 aliphatic heterocycles. The van der Waals surface area contributed by atoms with Crippen molar-refractivity contribution >= 4 is 29.3 Å². The molecule has 0 aliphatic rings. The molecule has 3 heteroatoms. The fourth-order valence-electron chi connectivity index (χ4n) is 3.77. The van der Waals surface area contributed by atoms with Gasteiger partial charge in [0, 0.05) is 42.0 Å². The van der Waals surface area contributed by atoms with Crippen molar-refractivity contribution in [2.75, 3.05) is 0 Å². The maximum Gasteiger partial charge on any atom is 0.361 e. The van der Waals surface area contributed by atoms with Crippen LogP contribution in [-0.2, 0) is 0 Å². The monoisotopic (exact) mass is 392 g/mol. The first-order chi connectivity index (χ1) is 14.7. The molecule has 30 heavy (non-hydrogen) atoms. The Balaban J connectivity index is 2.06. The lowest BCUT2D eigenvalue weighted by molar-refractivity contribution is 0.0884. The van der Waals surface area contributed by atoms with E-state index in [-0.39, 0.29) is 10.4 Å². The number of rotatable bonds is 5. The summed E-state index contributed by atoms with van der Waals surface area (Å²) in [5.41, 5.74) is 4.71. The summed E-state index contributed by atoms with van der Waals surface area (Å²) in [6.07, 6.45) is 0.811. The van der Waals surface area contributed by atoms with Crippen LogP contribution in [0.1, 0.15) is 26.3 Å². The van der Waals surface area contributed by atoms with Gasteiger partial charge < -0.3 is 0 Å². The maximum atomic E-state index is 14.2. The summed E-state index contributed by atoms with van der Waals surface area (Å²) < 4.78 is -0.107. The number of carbonyl (C=O) groups excluding carboxylic acids is 2. The number of aldehydes is 1. The van der Waals surface area contributed by atoms with Crippen molar-refractivity contribution in [3.05, 3.63) is 126 Å². The molecule has 0 N–H and O–H groups in total. The molecule has 3 nitrogen and oxygen atoms in total. The minimum absolute atomic E-state index is 0.0637. The van der Waals surface area contributed by atoms with E-state index in [1.165, 1.54) is 0 Å². The van der Waals surface area contributed by atoms with Gasteiger partial charge in [-0.05, 0) is 31.2 Å². The molecule has 0 saturated carbocycles. The van der Waals surface area contributed by atoms with Crippen LogP contribution in [0.25, 0.3) is 0 Å². The fourth-order valence-corrected chi connectivity index (χ4v) is 3.77. The van der Waals surface area contributed by atoms with E-state index in [9.17, 15) is 9.59 Å². The Morgan fingerprint density at radius 2 is 1.10 bits per heavy atom. The maximum absolute atomic E-state index is 14.2. The quantitative estimate of drug-likeness (QED) is 0.282. The van der Waals surface area contributed by atoms with E-state index in [4.69, 9.17) is 0 Å². The molecule has 0 unspecified atom stereocenters. The minimum atomic E-state index is -0.107. The Morgan fingerprint density at radius 1 is 0.633 bits per heavy atom. The summed E-state index contributed by atoms with van der Waals surface area (Å²) in [4.78, 5) is 25.5. The summed E-state index contributed by atoms with van der Waals surface area (Å²) in [7, 11) is 0. The van der Waals surface area contributed by atoms with Gasteiger partial charge in [-0.15, -0.1) is 0 Å². The van der Waals surface area contributed by atoms with Gasteiger partial charge >= 0.3 is 5.91 Å². The molecule has 0 atom stereocenters. The van der Waals surface area contributed by atoms with E-state index in [0.717, 1.165) is 28.9 Å². The van der Waals surface area contributed by atoms with Gasteiger partial charge in [-0.25, -0.2) is 4.79 Å². The van der Waals surface area contributed by atoms with Crippen molar-refractivity contribution in [3.63, 3.8) is 0 Å². The van der Waals surface area contributed by atoms with Crippen LogP contribution in [0.15, 0.2) is 109 Å². The third-order valence-electron chi connectivity index (χ3n) is 5.31. The zero-order valence-corrected chi connectivity index (χ0v) is 16.7. The second-order valence-electron chi connectivity index (χ2n) is 7.22. The van der Waals surface area contributed by atoms with Crippen LogP contribution < -0.4 is 4.48 Å². The van der Waals surface area contributed by atoms with Crippen LogP contribution in [0.2, 0.25) is 0 Å². The summed E-state index contributed by atoms with van der Waals surface area (Å²) in [5.74, 6) is -0.0637.